The number of likely N-dealkylation sites (N-methyl/N-ethyl adjacent to an activating group) is 1. The lowest BCUT2D eigenvalue weighted by Gasteiger charge is -2.39. The minimum atomic E-state index is 0.121. The molecule has 1 aliphatic rings. The summed E-state index contributed by atoms with van der Waals surface area (Å²) < 4.78 is 0. The van der Waals surface area contributed by atoms with Gasteiger partial charge in [-0.05, 0) is 38.6 Å². The van der Waals surface area contributed by atoms with Crippen molar-refractivity contribution in [2.45, 2.75) is 25.9 Å². The van der Waals surface area contributed by atoms with E-state index in [0.29, 0.717) is 6.04 Å². The van der Waals surface area contributed by atoms with Crippen LogP contribution in [-0.2, 0) is 0 Å². The number of nitrogens with two attached hydrogens (primary N) is 1. The lowest BCUT2D eigenvalue weighted by atomic mass is 10.1. The molecule has 2 N–H and O–H groups in total. The van der Waals surface area contributed by atoms with E-state index in [0.717, 1.165) is 19.6 Å². The molecule has 2 rings (SSSR count). The molecule has 1 aliphatic heterocycles. The monoisotopic (exact) mass is 233 g/mol. The maximum absolute atomic E-state index is 5.86. The molecule has 1 fully saturated rings. The second-order valence-corrected chi connectivity index (χ2v) is 5.16. The third kappa shape index (κ3) is 2.79. The van der Waals surface area contributed by atoms with Gasteiger partial charge in [-0.2, -0.15) is 0 Å². The Morgan fingerprint density at radius 2 is 1.88 bits per heavy atom. The van der Waals surface area contributed by atoms with Gasteiger partial charge >= 0.3 is 0 Å². The van der Waals surface area contributed by atoms with Gasteiger partial charge in [0.2, 0.25) is 0 Å². The van der Waals surface area contributed by atoms with Crippen LogP contribution in [0.2, 0.25) is 0 Å². The number of hydrogen-bond donors (Lipinski definition) is 1. The van der Waals surface area contributed by atoms with E-state index < -0.39 is 0 Å². The molecule has 94 valence electrons. The summed E-state index contributed by atoms with van der Waals surface area (Å²) in [5.41, 5.74) is 8.38. The zero-order chi connectivity index (χ0) is 12.4. The first-order chi connectivity index (χ1) is 8.08. The van der Waals surface area contributed by atoms with E-state index in [2.05, 4.69) is 48.0 Å². The Labute approximate surface area is 104 Å². The Morgan fingerprint density at radius 1 is 1.24 bits per heavy atom. The second kappa shape index (κ2) is 5.07. The maximum Gasteiger partial charge on any atom is 0.0367 e. The molecule has 1 aromatic rings. The summed E-state index contributed by atoms with van der Waals surface area (Å²) in [6.07, 6.45) is 0. The van der Waals surface area contributed by atoms with Gasteiger partial charge in [0.15, 0.2) is 0 Å². The van der Waals surface area contributed by atoms with Crippen molar-refractivity contribution in [2.75, 3.05) is 31.6 Å². The van der Waals surface area contributed by atoms with Crippen LogP contribution in [0.1, 0.15) is 25.5 Å². The van der Waals surface area contributed by atoms with Crippen molar-refractivity contribution < 1.29 is 0 Å². The van der Waals surface area contributed by atoms with Crippen molar-refractivity contribution in [2.24, 2.45) is 5.73 Å². The van der Waals surface area contributed by atoms with Gasteiger partial charge in [0.25, 0.3) is 0 Å². The van der Waals surface area contributed by atoms with Crippen molar-refractivity contribution in [1.82, 2.24) is 4.90 Å². The van der Waals surface area contributed by atoms with Crippen LogP contribution in [0.15, 0.2) is 24.3 Å². The minimum absolute atomic E-state index is 0.121. The topological polar surface area (TPSA) is 32.5 Å². The third-order valence-electron chi connectivity index (χ3n) is 3.74. The Hall–Kier alpha value is -1.06. The minimum Gasteiger partial charge on any atom is -0.369 e. The van der Waals surface area contributed by atoms with Crippen LogP contribution in [0.4, 0.5) is 5.69 Å². The molecule has 17 heavy (non-hydrogen) atoms. The number of benzene rings is 1. The van der Waals surface area contributed by atoms with Gasteiger partial charge in [-0.1, -0.05) is 12.1 Å². The van der Waals surface area contributed by atoms with Crippen LogP contribution < -0.4 is 10.6 Å². The molecule has 1 saturated heterocycles. The highest BCUT2D eigenvalue weighted by Crippen LogP contribution is 2.20. The molecule has 0 spiro atoms. The molecule has 1 aromatic carbocycles. The average molecular weight is 233 g/mol. The SMILES string of the molecule is CC1CN(c2ccc([C@@H](C)N)cc2)CCN1C. The van der Waals surface area contributed by atoms with E-state index >= 15 is 0 Å². The van der Waals surface area contributed by atoms with Crippen LogP contribution in [0.25, 0.3) is 0 Å². The number of piperazine rings is 1. The summed E-state index contributed by atoms with van der Waals surface area (Å²) >= 11 is 0. The molecular formula is C14H23N3. The number of nitrogens with zero attached hydrogens (tertiary/aromatic N) is 2. The first-order valence-corrected chi connectivity index (χ1v) is 6.38. The van der Waals surface area contributed by atoms with E-state index in [1.807, 2.05) is 6.92 Å². The quantitative estimate of drug-likeness (QED) is 0.846. The van der Waals surface area contributed by atoms with Gasteiger partial charge in [0.05, 0.1) is 0 Å². The van der Waals surface area contributed by atoms with Gasteiger partial charge in [-0.3, -0.25) is 0 Å². The molecule has 3 heteroatoms. The molecule has 3 nitrogen and oxygen atoms in total. The normalized spacial score (nSPS) is 23.8. The smallest absolute Gasteiger partial charge is 0.0367 e. The van der Waals surface area contributed by atoms with Crippen molar-refractivity contribution in [3.63, 3.8) is 0 Å². The molecule has 2 atom stereocenters. The zero-order valence-electron chi connectivity index (χ0n) is 11.1. The van der Waals surface area contributed by atoms with Gasteiger partial charge in [-0.25, -0.2) is 0 Å². The van der Waals surface area contributed by atoms with Crippen LogP contribution in [0, 0.1) is 0 Å². The van der Waals surface area contributed by atoms with E-state index in [4.69, 9.17) is 5.73 Å². The zero-order valence-corrected chi connectivity index (χ0v) is 11.1. The fraction of sp³-hybridized carbons (Fsp3) is 0.571. The lowest BCUT2D eigenvalue weighted by molar-refractivity contribution is 0.234. The molecule has 0 amide bonds. The number of anilines is 1. The fourth-order valence-corrected chi connectivity index (χ4v) is 2.27. The van der Waals surface area contributed by atoms with Gasteiger partial charge in [-0.15, -0.1) is 0 Å². The molecule has 0 aliphatic carbocycles. The third-order valence-corrected chi connectivity index (χ3v) is 3.74. The van der Waals surface area contributed by atoms with E-state index in [1.165, 1.54) is 11.3 Å². The van der Waals surface area contributed by atoms with Crippen molar-refractivity contribution >= 4 is 5.69 Å². The highest BCUT2D eigenvalue weighted by molar-refractivity contribution is 5.48. The Balaban J connectivity index is 2.07. The second-order valence-electron chi connectivity index (χ2n) is 5.16. The van der Waals surface area contributed by atoms with Crippen LogP contribution in [0.5, 0.6) is 0 Å². The summed E-state index contributed by atoms with van der Waals surface area (Å²) in [5.74, 6) is 0. The highest BCUT2D eigenvalue weighted by atomic mass is 15.3. The van der Waals surface area contributed by atoms with Crippen molar-refractivity contribution in [3.05, 3.63) is 29.8 Å². The van der Waals surface area contributed by atoms with E-state index in [9.17, 15) is 0 Å². The summed E-state index contributed by atoms with van der Waals surface area (Å²) in [5, 5.41) is 0. The molecule has 0 saturated carbocycles. The van der Waals surface area contributed by atoms with E-state index in [-0.39, 0.29) is 6.04 Å². The average Bonchev–Trinajstić information content (AvgIpc) is 2.33. The Kier molecular flexibility index (Phi) is 3.69. The standard InChI is InChI=1S/C14H23N3/c1-11-10-17(9-8-16(11)3)14-6-4-13(5-7-14)12(2)15/h4-7,11-12H,8-10,15H2,1-3H3/t11?,12-/m1/s1. The van der Waals surface area contributed by atoms with Gasteiger partial charge in [0, 0.05) is 37.4 Å². The summed E-state index contributed by atoms with van der Waals surface area (Å²) in [7, 11) is 2.20. The molecule has 1 unspecified atom stereocenters. The molecule has 0 radical (unpaired) electrons. The predicted octanol–water partition coefficient (Wildman–Crippen LogP) is 1.85. The highest BCUT2D eigenvalue weighted by Gasteiger charge is 2.20. The maximum atomic E-state index is 5.86. The van der Waals surface area contributed by atoms with Crippen LogP contribution >= 0.6 is 0 Å². The lowest BCUT2D eigenvalue weighted by Crippen LogP contribution is -2.50. The Bertz CT molecular complexity index is 358. The molecule has 0 bridgehead atoms. The summed E-state index contributed by atoms with van der Waals surface area (Å²) in [6.45, 7) is 7.65. The number of rotatable bonds is 2. The number of hydrogen-bond acceptors (Lipinski definition) is 3. The predicted molar refractivity (Wildman–Crippen MR) is 73.3 cm³/mol. The van der Waals surface area contributed by atoms with Gasteiger partial charge in [0.1, 0.15) is 0 Å². The Morgan fingerprint density at radius 3 is 2.41 bits per heavy atom. The molecular weight excluding hydrogens is 210 g/mol. The van der Waals surface area contributed by atoms with Crippen LogP contribution in [-0.4, -0.2) is 37.6 Å². The first-order valence-electron chi connectivity index (χ1n) is 6.38. The van der Waals surface area contributed by atoms with Crippen molar-refractivity contribution in [1.29, 1.82) is 0 Å². The molecule has 0 aromatic heterocycles. The van der Waals surface area contributed by atoms with Crippen LogP contribution in [0.3, 0.4) is 0 Å². The summed E-state index contributed by atoms with van der Waals surface area (Å²) in [6, 6.07) is 9.41. The summed E-state index contributed by atoms with van der Waals surface area (Å²) in [4.78, 5) is 4.86. The van der Waals surface area contributed by atoms with Crippen molar-refractivity contribution in [3.8, 4) is 0 Å². The largest absolute Gasteiger partial charge is 0.369 e. The fourth-order valence-electron chi connectivity index (χ4n) is 2.27. The van der Waals surface area contributed by atoms with Gasteiger partial charge < -0.3 is 15.5 Å². The molecule has 1 heterocycles. The van der Waals surface area contributed by atoms with E-state index in [1.54, 1.807) is 0 Å². The first kappa shape index (κ1) is 12.4.